The lowest BCUT2D eigenvalue weighted by molar-refractivity contribution is 0.0953. The summed E-state index contributed by atoms with van der Waals surface area (Å²) < 4.78 is 8.30. The zero-order valence-corrected chi connectivity index (χ0v) is 19.8. The van der Waals surface area contributed by atoms with Gasteiger partial charge in [-0.25, -0.2) is 4.98 Å². The summed E-state index contributed by atoms with van der Waals surface area (Å²) in [6, 6.07) is 20.3. The second kappa shape index (κ2) is 9.90. The molecule has 0 atom stereocenters. The van der Waals surface area contributed by atoms with Gasteiger partial charge in [0.1, 0.15) is 18.2 Å². The number of imidazole rings is 1. The first-order chi connectivity index (χ1) is 15.9. The highest BCUT2D eigenvalue weighted by Gasteiger charge is 2.13. The van der Waals surface area contributed by atoms with E-state index in [1.165, 1.54) is 5.56 Å². The fourth-order valence-corrected chi connectivity index (χ4v) is 4.13. The molecule has 1 aromatic heterocycles. The molecule has 0 saturated heterocycles. The maximum atomic E-state index is 12.7. The molecule has 4 aromatic rings. The van der Waals surface area contributed by atoms with Crippen molar-refractivity contribution in [2.75, 3.05) is 13.2 Å². The molecule has 33 heavy (non-hydrogen) atoms. The first-order valence-corrected chi connectivity index (χ1v) is 11.4. The van der Waals surface area contributed by atoms with Crippen molar-refractivity contribution in [2.24, 2.45) is 0 Å². The Hall–Kier alpha value is -3.60. The number of rotatable bonds is 8. The van der Waals surface area contributed by atoms with Gasteiger partial charge in [0.2, 0.25) is 0 Å². The molecule has 0 aliphatic rings. The molecule has 0 fully saturated rings. The Bertz CT molecular complexity index is 1290. The molecular weight excluding hydrogens is 410 g/mol. The number of hydrogen-bond donors (Lipinski definition) is 1. The Morgan fingerprint density at radius 3 is 2.52 bits per heavy atom. The van der Waals surface area contributed by atoms with Gasteiger partial charge in [0.05, 0.1) is 17.6 Å². The maximum Gasteiger partial charge on any atom is 0.251 e. The Kier molecular flexibility index (Phi) is 6.78. The molecule has 0 radical (unpaired) electrons. The normalized spacial score (nSPS) is 11.0. The molecule has 0 aliphatic carbocycles. The Morgan fingerprint density at radius 2 is 1.70 bits per heavy atom. The van der Waals surface area contributed by atoms with Crippen molar-refractivity contribution in [3.8, 4) is 5.75 Å². The van der Waals surface area contributed by atoms with E-state index in [4.69, 9.17) is 9.72 Å². The number of nitrogens with one attached hydrogen (secondary N) is 1. The van der Waals surface area contributed by atoms with Crippen LogP contribution in [0.25, 0.3) is 11.0 Å². The van der Waals surface area contributed by atoms with Gasteiger partial charge >= 0.3 is 0 Å². The van der Waals surface area contributed by atoms with Gasteiger partial charge < -0.3 is 14.6 Å². The van der Waals surface area contributed by atoms with Crippen molar-refractivity contribution in [2.45, 2.75) is 40.7 Å². The zero-order valence-electron chi connectivity index (χ0n) is 19.8. The van der Waals surface area contributed by atoms with Gasteiger partial charge in [0.25, 0.3) is 5.91 Å². The first kappa shape index (κ1) is 22.6. The largest absolute Gasteiger partial charge is 0.491 e. The number of aryl methyl sites for hydroxylation is 4. The molecule has 1 heterocycles. The van der Waals surface area contributed by atoms with Crippen LogP contribution in [0.15, 0.2) is 60.7 Å². The summed E-state index contributed by atoms with van der Waals surface area (Å²) in [6.07, 6.45) is 0.648. The van der Waals surface area contributed by atoms with E-state index in [2.05, 4.69) is 48.0 Å². The van der Waals surface area contributed by atoms with Crippen LogP contribution < -0.4 is 10.1 Å². The molecule has 1 amide bonds. The lowest BCUT2D eigenvalue weighted by Gasteiger charge is -2.13. The second-order valence-electron chi connectivity index (χ2n) is 8.61. The SMILES string of the molecule is Cc1ccc(C(=O)NCCc2nc3ccccc3n2CCOc2cc(C)ccc2C)c(C)c1. The average Bonchev–Trinajstić information content (AvgIpc) is 3.13. The first-order valence-electron chi connectivity index (χ1n) is 11.4. The third-order valence-electron chi connectivity index (χ3n) is 5.91. The van der Waals surface area contributed by atoms with E-state index in [1.807, 2.05) is 50.2 Å². The number of carbonyl (C=O) groups excluding carboxylic acids is 1. The summed E-state index contributed by atoms with van der Waals surface area (Å²) in [5, 5.41) is 3.05. The highest BCUT2D eigenvalue weighted by atomic mass is 16.5. The van der Waals surface area contributed by atoms with Crippen LogP contribution in [0.1, 0.15) is 38.4 Å². The summed E-state index contributed by atoms with van der Waals surface area (Å²) in [7, 11) is 0. The molecular formula is C28H31N3O2. The maximum absolute atomic E-state index is 12.7. The van der Waals surface area contributed by atoms with Crippen molar-refractivity contribution in [3.63, 3.8) is 0 Å². The number of aromatic nitrogens is 2. The smallest absolute Gasteiger partial charge is 0.251 e. The van der Waals surface area contributed by atoms with E-state index in [-0.39, 0.29) is 5.91 Å². The van der Waals surface area contributed by atoms with Gasteiger partial charge in [0.15, 0.2) is 0 Å². The van der Waals surface area contributed by atoms with Gasteiger partial charge in [-0.15, -0.1) is 0 Å². The number of carbonyl (C=O) groups is 1. The number of fused-ring (bicyclic) bond motifs is 1. The number of benzene rings is 3. The summed E-state index contributed by atoms with van der Waals surface area (Å²) >= 11 is 0. The third-order valence-corrected chi connectivity index (χ3v) is 5.91. The minimum Gasteiger partial charge on any atom is -0.491 e. The van der Waals surface area contributed by atoms with E-state index in [9.17, 15) is 4.79 Å². The van der Waals surface area contributed by atoms with Crippen molar-refractivity contribution >= 4 is 16.9 Å². The number of amides is 1. The fraction of sp³-hybridized carbons (Fsp3) is 0.286. The van der Waals surface area contributed by atoms with Crippen LogP contribution in [0, 0.1) is 27.7 Å². The molecule has 4 rings (SSSR count). The Labute approximate surface area is 195 Å². The van der Waals surface area contributed by atoms with E-state index in [0.717, 1.165) is 44.9 Å². The van der Waals surface area contributed by atoms with Crippen molar-refractivity contribution in [1.82, 2.24) is 14.9 Å². The molecule has 1 N–H and O–H groups in total. The predicted octanol–water partition coefficient (Wildman–Crippen LogP) is 5.32. The summed E-state index contributed by atoms with van der Waals surface area (Å²) in [5.41, 5.74) is 7.22. The molecule has 0 saturated carbocycles. The summed E-state index contributed by atoms with van der Waals surface area (Å²) in [5.74, 6) is 1.82. The molecule has 0 unspecified atom stereocenters. The molecule has 5 heteroatoms. The standard InChI is InChI=1S/C28H31N3O2/c1-19-10-12-23(22(4)17-19)28(32)29-14-13-27-30-24-7-5-6-8-25(24)31(27)15-16-33-26-18-20(2)9-11-21(26)3/h5-12,17-18H,13-16H2,1-4H3,(H,29,32). The van der Waals surface area contributed by atoms with E-state index < -0.39 is 0 Å². The average molecular weight is 442 g/mol. The number of hydrogen-bond acceptors (Lipinski definition) is 3. The van der Waals surface area contributed by atoms with Gasteiger partial charge in [0, 0.05) is 18.5 Å². The lowest BCUT2D eigenvalue weighted by atomic mass is 10.1. The fourth-order valence-electron chi connectivity index (χ4n) is 4.13. The summed E-state index contributed by atoms with van der Waals surface area (Å²) in [6.45, 7) is 9.89. The minimum atomic E-state index is -0.0478. The molecule has 170 valence electrons. The molecule has 5 nitrogen and oxygen atoms in total. The zero-order chi connectivity index (χ0) is 23.4. The molecule has 0 spiro atoms. The molecule has 0 aliphatic heterocycles. The third kappa shape index (κ3) is 5.25. The Balaban J connectivity index is 1.44. The van der Waals surface area contributed by atoms with E-state index in [0.29, 0.717) is 26.1 Å². The van der Waals surface area contributed by atoms with Crippen LogP contribution in [0.3, 0.4) is 0 Å². The summed E-state index contributed by atoms with van der Waals surface area (Å²) in [4.78, 5) is 17.5. The molecule has 3 aromatic carbocycles. The van der Waals surface area contributed by atoms with E-state index >= 15 is 0 Å². The van der Waals surface area contributed by atoms with Crippen LogP contribution in [0.2, 0.25) is 0 Å². The quantitative estimate of drug-likeness (QED) is 0.403. The highest BCUT2D eigenvalue weighted by Crippen LogP contribution is 2.20. The van der Waals surface area contributed by atoms with Gasteiger partial charge in [-0.05, 0) is 68.7 Å². The number of ether oxygens (including phenoxy) is 1. The van der Waals surface area contributed by atoms with Gasteiger partial charge in [-0.1, -0.05) is 42.0 Å². The molecule has 0 bridgehead atoms. The van der Waals surface area contributed by atoms with E-state index in [1.54, 1.807) is 0 Å². The highest BCUT2D eigenvalue weighted by molar-refractivity contribution is 5.95. The van der Waals surface area contributed by atoms with Crippen LogP contribution >= 0.6 is 0 Å². The lowest BCUT2D eigenvalue weighted by Crippen LogP contribution is -2.27. The predicted molar refractivity (Wildman–Crippen MR) is 133 cm³/mol. The van der Waals surface area contributed by atoms with Crippen LogP contribution in [0.4, 0.5) is 0 Å². The minimum absolute atomic E-state index is 0.0478. The van der Waals surface area contributed by atoms with Crippen molar-refractivity contribution in [1.29, 1.82) is 0 Å². The van der Waals surface area contributed by atoms with Crippen LogP contribution in [0.5, 0.6) is 5.75 Å². The Morgan fingerprint density at radius 1 is 0.939 bits per heavy atom. The van der Waals surface area contributed by atoms with Gasteiger partial charge in [-0.2, -0.15) is 0 Å². The van der Waals surface area contributed by atoms with Crippen LogP contribution in [-0.4, -0.2) is 28.6 Å². The topological polar surface area (TPSA) is 56.2 Å². The van der Waals surface area contributed by atoms with Crippen molar-refractivity contribution in [3.05, 3.63) is 94.3 Å². The number of nitrogens with zero attached hydrogens (tertiary/aromatic N) is 2. The van der Waals surface area contributed by atoms with Crippen LogP contribution in [-0.2, 0) is 13.0 Å². The van der Waals surface area contributed by atoms with Crippen molar-refractivity contribution < 1.29 is 9.53 Å². The monoisotopic (exact) mass is 441 g/mol. The van der Waals surface area contributed by atoms with Gasteiger partial charge in [-0.3, -0.25) is 4.79 Å². The second-order valence-corrected chi connectivity index (χ2v) is 8.61. The number of para-hydroxylation sites is 2.